The first-order chi connectivity index (χ1) is 26.2. The molecule has 5 aromatic rings. The average Bonchev–Trinajstić information content (AvgIpc) is 3.58. The summed E-state index contributed by atoms with van der Waals surface area (Å²) < 4.78 is 52.6. The first-order valence-electron chi connectivity index (χ1n) is 17.2. The number of hydrogen-bond acceptors (Lipinski definition) is 7. The van der Waals surface area contributed by atoms with Crippen LogP contribution in [0.15, 0.2) is 138 Å². The van der Waals surface area contributed by atoms with E-state index in [1.165, 1.54) is 12.1 Å². The van der Waals surface area contributed by atoms with E-state index in [1.807, 2.05) is 66.7 Å². The Balaban J connectivity index is 1.40. The summed E-state index contributed by atoms with van der Waals surface area (Å²) in [6, 6.07) is 36.6. The predicted octanol–water partition coefficient (Wildman–Crippen LogP) is 8.26. The molecule has 5 aromatic carbocycles. The normalized spacial score (nSPS) is 16.5. The zero-order chi connectivity index (χ0) is 38.0. The summed E-state index contributed by atoms with van der Waals surface area (Å²) in [6.45, 7) is 0.260. The molecular weight excluding hydrogens is 697 g/mol. The van der Waals surface area contributed by atoms with Gasteiger partial charge in [-0.05, 0) is 69.2 Å². The van der Waals surface area contributed by atoms with Gasteiger partial charge in [0.1, 0.15) is 5.75 Å². The highest BCUT2D eigenvalue weighted by Gasteiger charge is 2.53. The number of alkyl halides is 3. The first kappa shape index (κ1) is 37.6. The van der Waals surface area contributed by atoms with E-state index in [1.54, 1.807) is 36.4 Å². The highest BCUT2D eigenvalue weighted by molar-refractivity contribution is 6.01. The van der Waals surface area contributed by atoms with Crippen molar-refractivity contribution in [1.82, 2.24) is 10.9 Å². The maximum atomic E-state index is 14.7. The van der Waals surface area contributed by atoms with Crippen molar-refractivity contribution in [2.45, 2.75) is 43.8 Å². The summed E-state index contributed by atoms with van der Waals surface area (Å²) in [5.41, 5.74) is 17.0. The minimum absolute atomic E-state index is 0.00137. The van der Waals surface area contributed by atoms with Gasteiger partial charge in [-0.1, -0.05) is 102 Å². The van der Waals surface area contributed by atoms with Gasteiger partial charge in [-0.15, -0.1) is 0 Å². The van der Waals surface area contributed by atoms with Crippen molar-refractivity contribution in [3.05, 3.63) is 171 Å². The summed E-state index contributed by atoms with van der Waals surface area (Å²) in [5.74, 6) is 0.173. The number of halogens is 3. The number of hydrazine groups is 1. The van der Waals surface area contributed by atoms with Crippen LogP contribution in [0.25, 0.3) is 21.6 Å². The second-order valence-corrected chi connectivity index (χ2v) is 12.6. The molecule has 10 nitrogen and oxygen atoms in total. The van der Waals surface area contributed by atoms with E-state index in [0.29, 0.717) is 46.6 Å². The van der Waals surface area contributed by atoms with Crippen molar-refractivity contribution in [3.8, 4) is 16.9 Å². The van der Waals surface area contributed by atoms with E-state index in [-0.39, 0.29) is 32.0 Å². The molecule has 0 aromatic heterocycles. The van der Waals surface area contributed by atoms with E-state index < -0.39 is 29.3 Å². The molecule has 6 rings (SSSR count). The highest BCUT2D eigenvalue weighted by atomic mass is 19.4. The minimum atomic E-state index is -4.52. The number of carbonyl (C=O) groups is 1. The van der Waals surface area contributed by atoms with Crippen LogP contribution in [0.2, 0.25) is 0 Å². The third-order valence-corrected chi connectivity index (χ3v) is 8.98. The smallest absolute Gasteiger partial charge is 0.416 e. The van der Waals surface area contributed by atoms with E-state index in [9.17, 15) is 18.0 Å². The maximum Gasteiger partial charge on any atom is 0.416 e. The molecule has 1 amide bonds. The van der Waals surface area contributed by atoms with E-state index >= 15 is 0 Å². The first-order valence-corrected chi connectivity index (χ1v) is 17.2. The van der Waals surface area contributed by atoms with Crippen LogP contribution < -0.4 is 15.6 Å². The quantitative estimate of drug-likeness (QED) is 0.0327. The van der Waals surface area contributed by atoms with E-state index in [4.69, 9.17) is 25.1 Å². The Bertz CT molecular complexity index is 2120. The predicted molar refractivity (Wildman–Crippen MR) is 198 cm³/mol. The molecule has 0 saturated heterocycles. The van der Waals surface area contributed by atoms with Crippen LogP contribution >= 0.6 is 0 Å². The SMILES string of the molecule is [N-]=[N+]=NCc1ccccc1C[C@]1(C(=O)NNCc2cccc(C(F)(F)F)c2)N=C(c2ccc(OCCCO)cc2)O[C@H]1c1ccc(-c2ccccc2)cc1. The van der Waals surface area contributed by atoms with Gasteiger partial charge in [-0.25, -0.2) is 10.4 Å². The van der Waals surface area contributed by atoms with Crippen molar-refractivity contribution in [2.24, 2.45) is 10.1 Å². The Morgan fingerprint density at radius 2 is 1.57 bits per heavy atom. The zero-order valence-corrected chi connectivity index (χ0v) is 29.0. The lowest BCUT2D eigenvalue weighted by molar-refractivity contribution is -0.137. The molecule has 1 aliphatic heterocycles. The number of carbonyl (C=O) groups excluding carboxylic acids is 1. The van der Waals surface area contributed by atoms with Gasteiger partial charge < -0.3 is 14.6 Å². The van der Waals surface area contributed by atoms with Crippen LogP contribution in [-0.4, -0.2) is 35.7 Å². The zero-order valence-electron chi connectivity index (χ0n) is 29.0. The molecule has 0 saturated carbocycles. The molecule has 0 bridgehead atoms. The topological polar surface area (TPSA) is 141 Å². The van der Waals surface area contributed by atoms with Gasteiger partial charge >= 0.3 is 6.18 Å². The fourth-order valence-corrected chi connectivity index (χ4v) is 6.24. The largest absolute Gasteiger partial charge is 0.494 e. The summed E-state index contributed by atoms with van der Waals surface area (Å²) in [4.78, 5) is 22.7. The molecule has 54 heavy (non-hydrogen) atoms. The van der Waals surface area contributed by atoms with Gasteiger partial charge in [0, 0.05) is 36.5 Å². The van der Waals surface area contributed by atoms with Crippen molar-refractivity contribution < 1.29 is 32.5 Å². The molecule has 276 valence electrons. The standard InChI is InChI=1S/C41H37F3N6O4/c42-41(43,44)35-13-6-8-28(24-35)26-46-49-39(52)40(25-33-11-4-5-12-34(33)27-47-50-45)37(31-16-14-30(15-17-31)29-9-2-1-3-10-29)54-38(48-40)32-18-20-36(21-19-32)53-23-7-22-51/h1-6,8-21,24,37,46,51H,7,22-23,25-27H2,(H,49,52)/t37-,40-/m0/s1. The Morgan fingerprint density at radius 1 is 0.889 bits per heavy atom. The summed E-state index contributed by atoms with van der Waals surface area (Å²) >= 11 is 0. The second kappa shape index (κ2) is 17.1. The molecule has 0 aliphatic carbocycles. The molecule has 3 N–H and O–H groups in total. The Labute approximate surface area is 309 Å². The third kappa shape index (κ3) is 8.89. The van der Waals surface area contributed by atoms with E-state index in [2.05, 4.69) is 20.9 Å². The number of azide groups is 1. The molecule has 1 aliphatic rings. The van der Waals surface area contributed by atoms with Gasteiger partial charge in [0.05, 0.1) is 18.7 Å². The molecule has 0 spiro atoms. The number of amides is 1. The number of aliphatic imine (C=N–C) groups is 1. The molecule has 13 heteroatoms. The number of benzene rings is 5. The molecule has 0 unspecified atom stereocenters. The summed E-state index contributed by atoms with van der Waals surface area (Å²) in [6.07, 6.45) is -5.01. The molecule has 2 atom stereocenters. The fraction of sp³-hybridized carbons (Fsp3) is 0.220. The summed E-state index contributed by atoms with van der Waals surface area (Å²) in [7, 11) is 0. The number of hydrogen-bond donors (Lipinski definition) is 3. The van der Waals surface area contributed by atoms with Gasteiger partial charge in [0.15, 0.2) is 11.6 Å². The van der Waals surface area contributed by atoms with Crippen LogP contribution in [0, 0.1) is 0 Å². The number of nitrogens with one attached hydrogen (secondary N) is 2. The van der Waals surface area contributed by atoms with Crippen molar-refractivity contribution in [3.63, 3.8) is 0 Å². The molecule has 1 heterocycles. The van der Waals surface area contributed by atoms with Gasteiger partial charge in [-0.3, -0.25) is 10.2 Å². The number of aliphatic hydroxyl groups excluding tert-OH is 1. The molecule has 0 fully saturated rings. The Morgan fingerprint density at radius 3 is 2.28 bits per heavy atom. The van der Waals surface area contributed by atoms with Gasteiger partial charge in [0.2, 0.25) is 5.90 Å². The number of aliphatic hydroxyl groups is 1. The van der Waals surface area contributed by atoms with Crippen LogP contribution in [0.3, 0.4) is 0 Å². The average molecular weight is 735 g/mol. The summed E-state index contributed by atoms with van der Waals surface area (Å²) in [5, 5.41) is 12.9. The second-order valence-electron chi connectivity index (χ2n) is 12.6. The van der Waals surface area contributed by atoms with Crippen LogP contribution in [0.5, 0.6) is 5.75 Å². The highest BCUT2D eigenvalue weighted by Crippen LogP contribution is 2.43. The van der Waals surface area contributed by atoms with Gasteiger partial charge in [-0.2, -0.15) is 13.2 Å². The van der Waals surface area contributed by atoms with Crippen LogP contribution in [0.1, 0.15) is 45.9 Å². The van der Waals surface area contributed by atoms with Crippen molar-refractivity contribution in [1.29, 1.82) is 0 Å². The van der Waals surface area contributed by atoms with E-state index in [0.717, 1.165) is 23.3 Å². The fourth-order valence-electron chi connectivity index (χ4n) is 6.24. The Kier molecular flexibility index (Phi) is 11.9. The van der Waals surface area contributed by atoms with Crippen LogP contribution in [0.4, 0.5) is 13.2 Å². The van der Waals surface area contributed by atoms with Crippen LogP contribution in [-0.2, 0) is 35.2 Å². The lowest BCUT2D eigenvalue weighted by Gasteiger charge is -2.31. The number of rotatable bonds is 15. The van der Waals surface area contributed by atoms with Crippen molar-refractivity contribution in [2.75, 3.05) is 13.2 Å². The lowest BCUT2D eigenvalue weighted by atomic mass is 9.80. The Hall–Kier alpha value is -6.14. The maximum absolute atomic E-state index is 14.7. The molecular formula is C41H37F3N6O4. The van der Waals surface area contributed by atoms with Crippen molar-refractivity contribution >= 4 is 11.8 Å². The number of nitrogens with zero attached hydrogens (tertiary/aromatic N) is 4. The van der Waals surface area contributed by atoms with Gasteiger partial charge in [0.25, 0.3) is 5.91 Å². The monoisotopic (exact) mass is 734 g/mol. The lowest BCUT2D eigenvalue weighted by Crippen LogP contribution is -2.53. The molecule has 0 radical (unpaired) electrons. The minimum Gasteiger partial charge on any atom is -0.494 e. The third-order valence-electron chi connectivity index (χ3n) is 8.98. The number of ether oxygens (including phenoxy) is 2.